The molecule has 1 aliphatic carbocycles. The second kappa shape index (κ2) is 7.58. The van der Waals surface area contributed by atoms with Gasteiger partial charge >= 0.3 is 0 Å². The van der Waals surface area contributed by atoms with Crippen molar-refractivity contribution in [1.29, 1.82) is 0 Å². The molecule has 1 fully saturated rings. The number of imide groups is 1. The fourth-order valence-electron chi connectivity index (χ4n) is 4.07. The summed E-state index contributed by atoms with van der Waals surface area (Å²) in [6, 6.07) is 4.75. The van der Waals surface area contributed by atoms with Gasteiger partial charge in [-0.1, -0.05) is 19.3 Å². The fraction of sp³-hybridized carbons (Fsp3) is 0.429. The first-order valence-electron chi connectivity index (χ1n) is 9.81. The van der Waals surface area contributed by atoms with E-state index in [-0.39, 0.29) is 23.8 Å². The van der Waals surface area contributed by atoms with Crippen molar-refractivity contribution in [2.75, 3.05) is 6.54 Å². The third-order valence-electron chi connectivity index (χ3n) is 5.55. The molecule has 0 spiro atoms. The molecule has 1 aliphatic heterocycles. The average molecular weight is 380 g/mol. The normalized spacial score (nSPS) is 17.1. The summed E-state index contributed by atoms with van der Waals surface area (Å²) in [5.74, 6) is -0.751. The van der Waals surface area contributed by atoms with Crippen molar-refractivity contribution in [3.8, 4) is 0 Å². The quantitative estimate of drug-likeness (QED) is 0.807. The van der Waals surface area contributed by atoms with Crippen LogP contribution in [0, 0.1) is 0 Å². The van der Waals surface area contributed by atoms with Gasteiger partial charge in [0.25, 0.3) is 17.7 Å². The van der Waals surface area contributed by atoms with Gasteiger partial charge in [0, 0.05) is 37.8 Å². The SMILES string of the molecule is Cn1cnc(CCNC(=O)c2ccc3c(c2)C(=O)N(C2CCCCC2)C3=O)c1. The summed E-state index contributed by atoms with van der Waals surface area (Å²) in [7, 11) is 1.90. The van der Waals surface area contributed by atoms with Gasteiger partial charge in [-0.3, -0.25) is 19.3 Å². The first kappa shape index (κ1) is 18.4. The highest BCUT2D eigenvalue weighted by Gasteiger charge is 2.40. The Morgan fingerprint density at radius 3 is 2.61 bits per heavy atom. The Hall–Kier alpha value is -2.96. The fourth-order valence-corrected chi connectivity index (χ4v) is 4.07. The predicted molar refractivity (Wildman–Crippen MR) is 103 cm³/mol. The third kappa shape index (κ3) is 3.44. The summed E-state index contributed by atoms with van der Waals surface area (Å²) in [4.78, 5) is 43.7. The van der Waals surface area contributed by atoms with Gasteiger partial charge in [-0.15, -0.1) is 0 Å². The zero-order valence-corrected chi connectivity index (χ0v) is 16.0. The molecule has 0 saturated heterocycles. The van der Waals surface area contributed by atoms with Gasteiger partial charge in [0.2, 0.25) is 0 Å². The summed E-state index contributed by atoms with van der Waals surface area (Å²) in [6.07, 6.45) is 9.24. The number of hydrogen-bond donors (Lipinski definition) is 1. The Morgan fingerprint density at radius 2 is 1.89 bits per heavy atom. The maximum Gasteiger partial charge on any atom is 0.261 e. The molecule has 0 atom stereocenters. The maximum atomic E-state index is 12.8. The summed E-state index contributed by atoms with van der Waals surface area (Å²) < 4.78 is 1.86. The molecule has 7 nitrogen and oxygen atoms in total. The van der Waals surface area contributed by atoms with Crippen LogP contribution < -0.4 is 5.32 Å². The number of aryl methyl sites for hydroxylation is 1. The number of hydrogen-bond acceptors (Lipinski definition) is 4. The smallest absolute Gasteiger partial charge is 0.261 e. The molecular formula is C21H24N4O3. The average Bonchev–Trinajstić information content (AvgIpc) is 3.23. The number of benzene rings is 1. The van der Waals surface area contributed by atoms with Gasteiger partial charge in [-0.25, -0.2) is 4.98 Å². The summed E-state index contributed by atoms with van der Waals surface area (Å²) >= 11 is 0. The monoisotopic (exact) mass is 380 g/mol. The largest absolute Gasteiger partial charge is 0.352 e. The maximum absolute atomic E-state index is 12.8. The zero-order chi connectivity index (χ0) is 19.7. The Morgan fingerprint density at radius 1 is 1.14 bits per heavy atom. The third-order valence-corrected chi connectivity index (χ3v) is 5.55. The van der Waals surface area contributed by atoms with E-state index in [1.165, 1.54) is 4.90 Å². The van der Waals surface area contributed by atoms with E-state index in [1.807, 2.05) is 17.8 Å². The molecular weight excluding hydrogens is 356 g/mol. The molecule has 0 unspecified atom stereocenters. The molecule has 0 radical (unpaired) electrons. The standard InChI is InChI=1S/C21H24N4O3/c1-24-12-15(23-13-24)9-10-22-19(26)14-7-8-17-18(11-14)21(28)25(20(17)27)16-5-3-2-4-6-16/h7-8,11-13,16H,2-6,9-10H2,1H3,(H,22,26). The first-order chi connectivity index (χ1) is 13.5. The van der Waals surface area contributed by atoms with E-state index in [4.69, 9.17) is 0 Å². The minimum Gasteiger partial charge on any atom is -0.352 e. The highest BCUT2D eigenvalue weighted by Crippen LogP contribution is 2.31. The summed E-state index contributed by atoms with van der Waals surface area (Å²) in [5.41, 5.74) is 2.04. The van der Waals surface area contributed by atoms with Gasteiger partial charge in [0.05, 0.1) is 23.1 Å². The van der Waals surface area contributed by atoms with Crippen LogP contribution in [0.4, 0.5) is 0 Å². The minimum atomic E-state index is -0.268. The molecule has 1 aromatic heterocycles. The second-order valence-electron chi connectivity index (χ2n) is 7.57. The van der Waals surface area contributed by atoms with Gasteiger partial charge in [0.15, 0.2) is 0 Å². The van der Waals surface area contributed by atoms with Crippen LogP contribution in [-0.2, 0) is 13.5 Å². The van der Waals surface area contributed by atoms with Crippen molar-refractivity contribution in [2.45, 2.75) is 44.6 Å². The predicted octanol–water partition coefficient (Wildman–Crippen LogP) is 2.32. The van der Waals surface area contributed by atoms with Crippen molar-refractivity contribution in [1.82, 2.24) is 19.8 Å². The van der Waals surface area contributed by atoms with Crippen molar-refractivity contribution < 1.29 is 14.4 Å². The van der Waals surface area contributed by atoms with Gasteiger partial charge in [-0.05, 0) is 31.0 Å². The highest BCUT2D eigenvalue weighted by molar-refractivity contribution is 6.22. The van der Waals surface area contributed by atoms with E-state index in [2.05, 4.69) is 10.3 Å². The molecule has 1 aromatic carbocycles. The Bertz CT molecular complexity index is 927. The van der Waals surface area contributed by atoms with Crippen LogP contribution in [0.5, 0.6) is 0 Å². The molecule has 28 heavy (non-hydrogen) atoms. The molecule has 3 amide bonds. The lowest BCUT2D eigenvalue weighted by atomic mass is 9.94. The van der Waals surface area contributed by atoms with Crippen LogP contribution in [0.25, 0.3) is 0 Å². The molecule has 2 aliphatic rings. The van der Waals surface area contributed by atoms with Crippen LogP contribution in [0.1, 0.15) is 68.9 Å². The zero-order valence-electron chi connectivity index (χ0n) is 16.0. The molecule has 4 rings (SSSR count). The molecule has 7 heteroatoms. The highest BCUT2D eigenvalue weighted by atomic mass is 16.2. The van der Waals surface area contributed by atoms with E-state index in [0.717, 1.165) is 37.8 Å². The van der Waals surface area contributed by atoms with E-state index in [1.54, 1.807) is 24.5 Å². The van der Waals surface area contributed by atoms with Crippen LogP contribution in [0.3, 0.4) is 0 Å². The number of carbonyl (C=O) groups is 3. The number of rotatable bonds is 5. The van der Waals surface area contributed by atoms with Gasteiger partial charge in [0.1, 0.15) is 0 Å². The van der Waals surface area contributed by atoms with Crippen molar-refractivity contribution in [3.05, 3.63) is 53.1 Å². The minimum absolute atomic E-state index is 0.0169. The first-order valence-corrected chi connectivity index (χ1v) is 9.81. The molecule has 2 aromatic rings. The lowest BCUT2D eigenvalue weighted by molar-refractivity contribution is 0.0549. The Labute approximate surface area is 163 Å². The second-order valence-corrected chi connectivity index (χ2v) is 7.57. The number of imidazole rings is 1. The van der Waals surface area contributed by atoms with Crippen LogP contribution in [0.15, 0.2) is 30.7 Å². The summed E-state index contributed by atoms with van der Waals surface area (Å²) in [6.45, 7) is 0.452. The van der Waals surface area contributed by atoms with E-state index in [9.17, 15) is 14.4 Å². The number of nitrogens with zero attached hydrogens (tertiary/aromatic N) is 3. The number of amides is 3. The molecule has 1 saturated carbocycles. The van der Waals surface area contributed by atoms with Gasteiger partial charge < -0.3 is 9.88 Å². The number of nitrogens with one attached hydrogen (secondary N) is 1. The van der Waals surface area contributed by atoms with E-state index < -0.39 is 0 Å². The molecule has 146 valence electrons. The summed E-state index contributed by atoms with van der Waals surface area (Å²) in [5, 5.41) is 2.85. The lowest BCUT2D eigenvalue weighted by Crippen LogP contribution is -2.40. The van der Waals surface area contributed by atoms with Crippen molar-refractivity contribution in [3.63, 3.8) is 0 Å². The number of fused-ring (bicyclic) bond motifs is 1. The molecule has 2 heterocycles. The van der Waals surface area contributed by atoms with E-state index in [0.29, 0.717) is 29.7 Å². The Kier molecular flexibility index (Phi) is 4.98. The topological polar surface area (TPSA) is 84.3 Å². The molecule has 1 N–H and O–H groups in total. The van der Waals surface area contributed by atoms with Gasteiger partial charge in [-0.2, -0.15) is 0 Å². The van der Waals surface area contributed by atoms with Crippen molar-refractivity contribution in [2.24, 2.45) is 7.05 Å². The molecule has 0 bridgehead atoms. The van der Waals surface area contributed by atoms with E-state index >= 15 is 0 Å². The van der Waals surface area contributed by atoms with Crippen LogP contribution in [-0.4, -0.2) is 44.8 Å². The number of carbonyl (C=O) groups excluding carboxylic acids is 3. The lowest BCUT2D eigenvalue weighted by Gasteiger charge is -2.29. The Balaban J connectivity index is 1.44. The van der Waals surface area contributed by atoms with Crippen LogP contribution in [0.2, 0.25) is 0 Å². The number of aromatic nitrogens is 2. The van der Waals surface area contributed by atoms with Crippen molar-refractivity contribution >= 4 is 17.7 Å². The van der Waals surface area contributed by atoms with Crippen LogP contribution >= 0.6 is 0 Å².